The molecule has 2 heteroatoms. The van der Waals surface area contributed by atoms with Crippen molar-refractivity contribution in [2.24, 2.45) is 5.41 Å². The SMILES string of the molecule is CNCCC(C)(C)CC1CSc2ccccc21. The van der Waals surface area contributed by atoms with Crippen LogP contribution in [0.3, 0.4) is 0 Å². The number of benzene rings is 1. The predicted octanol–water partition coefficient (Wildman–Crippen LogP) is 3.90. The number of thioether (sulfide) groups is 1. The van der Waals surface area contributed by atoms with Gasteiger partial charge in [-0.3, -0.25) is 0 Å². The van der Waals surface area contributed by atoms with Crippen LogP contribution in [-0.2, 0) is 0 Å². The van der Waals surface area contributed by atoms with Crippen LogP contribution < -0.4 is 5.32 Å². The van der Waals surface area contributed by atoms with Crippen LogP contribution >= 0.6 is 11.8 Å². The maximum absolute atomic E-state index is 3.26. The molecular formula is C15H23NS. The number of nitrogens with one attached hydrogen (secondary N) is 1. The van der Waals surface area contributed by atoms with E-state index in [-0.39, 0.29) is 0 Å². The van der Waals surface area contributed by atoms with E-state index in [4.69, 9.17) is 0 Å². The minimum absolute atomic E-state index is 0.436. The summed E-state index contributed by atoms with van der Waals surface area (Å²) in [5, 5.41) is 3.26. The molecule has 2 rings (SSSR count). The Hall–Kier alpha value is -0.470. The van der Waals surface area contributed by atoms with Gasteiger partial charge in [-0.1, -0.05) is 32.0 Å². The Balaban J connectivity index is 2.01. The summed E-state index contributed by atoms with van der Waals surface area (Å²) in [6.45, 7) is 5.92. The van der Waals surface area contributed by atoms with Gasteiger partial charge in [0, 0.05) is 10.6 Å². The fourth-order valence-electron chi connectivity index (χ4n) is 2.63. The number of rotatable bonds is 5. The number of fused-ring (bicyclic) bond motifs is 1. The molecule has 0 aliphatic carbocycles. The summed E-state index contributed by atoms with van der Waals surface area (Å²) in [6.07, 6.45) is 2.56. The van der Waals surface area contributed by atoms with Gasteiger partial charge >= 0.3 is 0 Å². The standard InChI is InChI=1S/C15H23NS/c1-15(2,8-9-16-3)10-12-11-17-14-7-5-4-6-13(12)14/h4-7,12,16H,8-11H2,1-3H3. The highest BCUT2D eigenvalue weighted by Gasteiger charge is 2.29. The van der Waals surface area contributed by atoms with Crippen LogP contribution in [-0.4, -0.2) is 19.3 Å². The molecule has 1 aromatic rings. The number of hydrogen-bond donors (Lipinski definition) is 1. The van der Waals surface area contributed by atoms with Gasteiger partial charge in [0.05, 0.1) is 0 Å². The summed E-state index contributed by atoms with van der Waals surface area (Å²) >= 11 is 2.02. The van der Waals surface area contributed by atoms with Crippen LogP contribution in [0.1, 0.15) is 38.2 Å². The Morgan fingerprint density at radius 3 is 2.88 bits per heavy atom. The first kappa shape index (κ1) is 13.0. The van der Waals surface area contributed by atoms with Crippen molar-refractivity contribution in [1.82, 2.24) is 5.32 Å². The Kier molecular flexibility index (Phi) is 4.16. The highest BCUT2D eigenvalue weighted by molar-refractivity contribution is 7.99. The first-order valence-corrected chi connectivity index (χ1v) is 7.47. The maximum atomic E-state index is 3.26. The molecule has 0 bridgehead atoms. The number of hydrogen-bond acceptors (Lipinski definition) is 2. The van der Waals surface area contributed by atoms with E-state index >= 15 is 0 Å². The van der Waals surface area contributed by atoms with E-state index in [1.165, 1.54) is 23.5 Å². The minimum Gasteiger partial charge on any atom is -0.320 e. The van der Waals surface area contributed by atoms with Crippen LogP contribution in [0, 0.1) is 5.41 Å². The van der Waals surface area contributed by atoms with Crippen molar-refractivity contribution < 1.29 is 0 Å². The minimum atomic E-state index is 0.436. The molecule has 0 amide bonds. The topological polar surface area (TPSA) is 12.0 Å². The zero-order valence-corrected chi connectivity index (χ0v) is 11.9. The molecule has 0 aromatic heterocycles. The summed E-state index contributed by atoms with van der Waals surface area (Å²) in [5.41, 5.74) is 2.01. The molecule has 1 N–H and O–H groups in total. The fraction of sp³-hybridized carbons (Fsp3) is 0.600. The molecule has 17 heavy (non-hydrogen) atoms. The van der Waals surface area contributed by atoms with Crippen LogP contribution in [0.15, 0.2) is 29.2 Å². The zero-order valence-electron chi connectivity index (χ0n) is 11.1. The second-order valence-electron chi connectivity index (χ2n) is 5.77. The predicted molar refractivity (Wildman–Crippen MR) is 76.8 cm³/mol. The summed E-state index contributed by atoms with van der Waals surface area (Å²) in [5.74, 6) is 2.02. The lowest BCUT2D eigenvalue weighted by Gasteiger charge is -2.28. The van der Waals surface area contributed by atoms with Gasteiger partial charge in [-0.25, -0.2) is 0 Å². The van der Waals surface area contributed by atoms with E-state index in [0.29, 0.717) is 5.41 Å². The highest BCUT2D eigenvalue weighted by Crippen LogP contribution is 2.45. The van der Waals surface area contributed by atoms with Gasteiger partial charge in [0.25, 0.3) is 0 Å². The third-order valence-corrected chi connectivity index (χ3v) is 4.90. The lowest BCUT2D eigenvalue weighted by atomic mass is 9.78. The van der Waals surface area contributed by atoms with Crippen molar-refractivity contribution in [2.75, 3.05) is 19.3 Å². The van der Waals surface area contributed by atoms with Crippen LogP contribution in [0.4, 0.5) is 0 Å². The second-order valence-corrected chi connectivity index (χ2v) is 6.83. The van der Waals surface area contributed by atoms with Crippen molar-refractivity contribution in [3.8, 4) is 0 Å². The smallest absolute Gasteiger partial charge is 0.0107 e. The summed E-state index contributed by atoms with van der Waals surface area (Å²) in [6, 6.07) is 8.91. The molecule has 0 saturated heterocycles. The Labute approximate surface area is 109 Å². The van der Waals surface area contributed by atoms with E-state index < -0.39 is 0 Å². The Bertz CT molecular complexity index is 373. The monoisotopic (exact) mass is 249 g/mol. The molecule has 0 radical (unpaired) electrons. The van der Waals surface area contributed by atoms with Crippen molar-refractivity contribution in [2.45, 2.75) is 37.5 Å². The van der Waals surface area contributed by atoms with Crippen LogP contribution in [0.5, 0.6) is 0 Å². The molecule has 94 valence electrons. The molecule has 1 aliphatic heterocycles. The van der Waals surface area contributed by atoms with E-state index in [1.54, 1.807) is 5.56 Å². The fourth-order valence-corrected chi connectivity index (χ4v) is 3.89. The second kappa shape index (κ2) is 5.45. The maximum Gasteiger partial charge on any atom is 0.0107 e. The van der Waals surface area contributed by atoms with Gasteiger partial charge in [0.1, 0.15) is 0 Å². The third-order valence-electron chi connectivity index (χ3n) is 3.65. The highest BCUT2D eigenvalue weighted by atomic mass is 32.2. The van der Waals surface area contributed by atoms with Crippen molar-refractivity contribution in [3.63, 3.8) is 0 Å². The lowest BCUT2D eigenvalue weighted by molar-refractivity contribution is 0.287. The average Bonchev–Trinajstić information content (AvgIpc) is 2.70. The van der Waals surface area contributed by atoms with E-state index in [1.807, 2.05) is 18.8 Å². The van der Waals surface area contributed by atoms with Gasteiger partial charge in [0.15, 0.2) is 0 Å². The van der Waals surface area contributed by atoms with Crippen molar-refractivity contribution in [3.05, 3.63) is 29.8 Å². The van der Waals surface area contributed by atoms with Crippen LogP contribution in [0.25, 0.3) is 0 Å². The molecule has 1 aliphatic rings. The van der Waals surface area contributed by atoms with Gasteiger partial charge in [0.2, 0.25) is 0 Å². The van der Waals surface area contributed by atoms with E-state index in [2.05, 4.69) is 43.4 Å². The summed E-state index contributed by atoms with van der Waals surface area (Å²) in [4.78, 5) is 1.50. The first-order chi connectivity index (χ1) is 8.12. The van der Waals surface area contributed by atoms with E-state index in [0.717, 1.165) is 12.5 Å². The summed E-state index contributed by atoms with van der Waals surface area (Å²) < 4.78 is 0. The van der Waals surface area contributed by atoms with Gasteiger partial charge in [-0.05, 0) is 49.4 Å². The quantitative estimate of drug-likeness (QED) is 0.849. The molecule has 0 fully saturated rings. The van der Waals surface area contributed by atoms with Crippen molar-refractivity contribution in [1.29, 1.82) is 0 Å². The van der Waals surface area contributed by atoms with Crippen molar-refractivity contribution >= 4 is 11.8 Å². The molecule has 1 unspecified atom stereocenters. The zero-order chi connectivity index (χ0) is 12.3. The molecule has 1 atom stereocenters. The van der Waals surface area contributed by atoms with Gasteiger partial charge in [-0.15, -0.1) is 11.8 Å². The molecule has 1 heterocycles. The van der Waals surface area contributed by atoms with Gasteiger partial charge in [-0.2, -0.15) is 0 Å². The Morgan fingerprint density at radius 2 is 2.12 bits per heavy atom. The lowest BCUT2D eigenvalue weighted by Crippen LogP contribution is -2.22. The van der Waals surface area contributed by atoms with Gasteiger partial charge < -0.3 is 5.32 Å². The normalized spacial score (nSPS) is 19.4. The molecular weight excluding hydrogens is 226 g/mol. The Morgan fingerprint density at radius 1 is 1.35 bits per heavy atom. The third kappa shape index (κ3) is 3.26. The molecule has 0 spiro atoms. The first-order valence-electron chi connectivity index (χ1n) is 6.49. The molecule has 1 nitrogen and oxygen atoms in total. The molecule has 0 saturated carbocycles. The largest absolute Gasteiger partial charge is 0.320 e. The molecule has 1 aromatic carbocycles. The van der Waals surface area contributed by atoms with Crippen LogP contribution in [0.2, 0.25) is 0 Å². The van der Waals surface area contributed by atoms with E-state index in [9.17, 15) is 0 Å². The summed E-state index contributed by atoms with van der Waals surface area (Å²) in [7, 11) is 2.04. The average molecular weight is 249 g/mol.